The normalized spacial score (nSPS) is 10.8. The Balaban J connectivity index is 1.98. The third-order valence-electron chi connectivity index (χ3n) is 4.42. The zero-order valence-electron chi connectivity index (χ0n) is 16.5. The highest BCUT2D eigenvalue weighted by molar-refractivity contribution is 5.96. The zero-order valence-corrected chi connectivity index (χ0v) is 16.5. The van der Waals surface area contributed by atoms with Gasteiger partial charge in [-0.25, -0.2) is 0 Å². The summed E-state index contributed by atoms with van der Waals surface area (Å²) in [5.74, 6) is 0.430. The lowest BCUT2D eigenvalue weighted by molar-refractivity contribution is 0.0943. The minimum atomic E-state index is -0.142. The summed E-state index contributed by atoms with van der Waals surface area (Å²) in [5, 5.41) is 2.99. The molecule has 2 rings (SSSR count). The summed E-state index contributed by atoms with van der Waals surface area (Å²) in [6.07, 6.45) is 0. The fourth-order valence-corrected chi connectivity index (χ4v) is 2.84. The van der Waals surface area contributed by atoms with E-state index < -0.39 is 0 Å². The van der Waals surface area contributed by atoms with Gasteiger partial charge in [0, 0.05) is 20.2 Å². The SMILES string of the molecule is CCN(CC)Cc1cccc(CNC(=O)c2ccccc2OCCOC)c1. The lowest BCUT2D eigenvalue weighted by Gasteiger charge is -2.18. The van der Waals surface area contributed by atoms with Crippen LogP contribution in [0.3, 0.4) is 0 Å². The van der Waals surface area contributed by atoms with Crippen LogP contribution in [0, 0.1) is 0 Å². The summed E-state index contributed by atoms with van der Waals surface area (Å²) >= 11 is 0. The van der Waals surface area contributed by atoms with Gasteiger partial charge < -0.3 is 14.8 Å². The van der Waals surface area contributed by atoms with Gasteiger partial charge >= 0.3 is 0 Å². The fraction of sp³-hybridized carbons (Fsp3) is 0.409. The van der Waals surface area contributed by atoms with Crippen molar-refractivity contribution in [3.05, 3.63) is 65.2 Å². The van der Waals surface area contributed by atoms with Gasteiger partial charge in [0.25, 0.3) is 5.91 Å². The monoisotopic (exact) mass is 370 g/mol. The molecule has 0 saturated heterocycles. The summed E-state index contributed by atoms with van der Waals surface area (Å²) < 4.78 is 10.6. The molecule has 1 N–H and O–H groups in total. The maximum atomic E-state index is 12.6. The van der Waals surface area contributed by atoms with E-state index in [4.69, 9.17) is 9.47 Å². The van der Waals surface area contributed by atoms with Crippen molar-refractivity contribution in [2.45, 2.75) is 26.9 Å². The smallest absolute Gasteiger partial charge is 0.255 e. The molecule has 1 amide bonds. The van der Waals surface area contributed by atoms with Gasteiger partial charge in [-0.15, -0.1) is 0 Å². The van der Waals surface area contributed by atoms with Crippen LogP contribution in [0.25, 0.3) is 0 Å². The van der Waals surface area contributed by atoms with E-state index in [0.717, 1.165) is 25.2 Å². The van der Waals surface area contributed by atoms with Gasteiger partial charge in [0.1, 0.15) is 12.4 Å². The van der Waals surface area contributed by atoms with Crippen LogP contribution < -0.4 is 10.1 Å². The molecule has 0 unspecified atom stereocenters. The van der Waals surface area contributed by atoms with Gasteiger partial charge in [-0.3, -0.25) is 9.69 Å². The number of ether oxygens (including phenoxy) is 2. The molecule has 0 bridgehead atoms. The Labute approximate surface area is 162 Å². The highest BCUT2D eigenvalue weighted by Crippen LogP contribution is 2.18. The van der Waals surface area contributed by atoms with Gasteiger partial charge in [0.2, 0.25) is 0 Å². The van der Waals surface area contributed by atoms with Crippen LogP contribution in [-0.4, -0.2) is 44.2 Å². The number of amides is 1. The first kappa shape index (κ1) is 20.9. The summed E-state index contributed by atoms with van der Waals surface area (Å²) in [6.45, 7) is 8.68. The van der Waals surface area contributed by atoms with Crippen molar-refractivity contribution in [1.29, 1.82) is 0 Å². The minimum absolute atomic E-state index is 0.142. The standard InChI is InChI=1S/C22H30N2O3/c1-4-24(5-2)17-19-10-8-9-18(15-19)16-23-22(25)20-11-6-7-12-21(20)27-14-13-26-3/h6-12,15H,4-5,13-14,16-17H2,1-3H3,(H,23,25). The predicted molar refractivity (Wildman–Crippen MR) is 108 cm³/mol. The Hall–Kier alpha value is -2.37. The molecule has 27 heavy (non-hydrogen) atoms. The first-order valence-corrected chi connectivity index (χ1v) is 9.47. The number of hydrogen-bond donors (Lipinski definition) is 1. The Morgan fingerprint density at radius 3 is 2.48 bits per heavy atom. The van der Waals surface area contributed by atoms with Crippen LogP contribution in [0.2, 0.25) is 0 Å². The maximum absolute atomic E-state index is 12.6. The quantitative estimate of drug-likeness (QED) is 0.615. The lowest BCUT2D eigenvalue weighted by atomic mass is 10.1. The van der Waals surface area contributed by atoms with Crippen LogP contribution in [0.1, 0.15) is 35.3 Å². The topological polar surface area (TPSA) is 50.8 Å². The molecule has 0 aliphatic heterocycles. The molecule has 0 atom stereocenters. The Morgan fingerprint density at radius 1 is 1.00 bits per heavy atom. The molecule has 0 heterocycles. The van der Waals surface area contributed by atoms with Crippen LogP contribution in [0.5, 0.6) is 5.75 Å². The number of nitrogens with one attached hydrogen (secondary N) is 1. The molecule has 0 radical (unpaired) electrons. The lowest BCUT2D eigenvalue weighted by Crippen LogP contribution is -2.24. The molecule has 0 spiro atoms. The number of nitrogens with zero attached hydrogens (tertiary/aromatic N) is 1. The Morgan fingerprint density at radius 2 is 1.74 bits per heavy atom. The second-order valence-electron chi connectivity index (χ2n) is 6.30. The van der Waals surface area contributed by atoms with E-state index in [1.54, 1.807) is 19.2 Å². The van der Waals surface area contributed by atoms with Crippen molar-refractivity contribution in [2.24, 2.45) is 0 Å². The molecule has 5 nitrogen and oxygen atoms in total. The summed E-state index contributed by atoms with van der Waals surface area (Å²) in [7, 11) is 1.62. The van der Waals surface area contributed by atoms with Crippen LogP contribution in [-0.2, 0) is 17.8 Å². The number of hydrogen-bond acceptors (Lipinski definition) is 4. The van der Waals surface area contributed by atoms with Gasteiger partial charge in [-0.1, -0.05) is 50.2 Å². The van der Waals surface area contributed by atoms with Crippen LogP contribution in [0.15, 0.2) is 48.5 Å². The molecule has 2 aromatic rings. The molecule has 0 aliphatic rings. The van der Waals surface area contributed by atoms with E-state index in [0.29, 0.717) is 31.1 Å². The van der Waals surface area contributed by atoms with Gasteiger partial charge in [-0.05, 0) is 36.3 Å². The maximum Gasteiger partial charge on any atom is 0.255 e. The fourth-order valence-electron chi connectivity index (χ4n) is 2.84. The van der Waals surface area contributed by atoms with E-state index >= 15 is 0 Å². The first-order chi connectivity index (χ1) is 13.2. The molecule has 2 aromatic carbocycles. The van der Waals surface area contributed by atoms with Crippen molar-refractivity contribution in [1.82, 2.24) is 10.2 Å². The van der Waals surface area contributed by atoms with Gasteiger partial charge in [0.05, 0.1) is 12.2 Å². The van der Waals surface area contributed by atoms with E-state index in [-0.39, 0.29) is 5.91 Å². The third kappa shape index (κ3) is 6.70. The molecule has 146 valence electrons. The van der Waals surface area contributed by atoms with Gasteiger partial charge in [-0.2, -0.15) is 0 Å². The van der Waals surface area contributed by atoms with Crippen molar-refractivity contribution in [2.75, 3.05) is 33.4 Å². The average molecular weight is 370 g/mol. The number of para-hydroxylation sites is 1. The Kier molecular flexibility index (Phi) is 8.81. The molecule has 0 saturated carbocycles. The molecule has 0 fully saturated rings. The van der Waals surface area contributed by atoms with Gasteiger partial charge in [0.15, 0.2) is 0 Å². The van der Waals surface area contributed by atoms with Crippen LogP contribution >= 0.6 is 0 Å². The molecule has 0 aliphatic carbocycles. The van der Waals surface area contributed by atoms with Crippen LogP contribution in [0.4, 0.5) is 0 Å². The number of carbonyl (C=O) groups excluding carboxylic acids is 1. The third-order valence-corrected chi connectivity index (χ3v) is 4.42. The summed E-state index contributed by atoms with van der Waals surface area (Å²) in [5.41, 5.74) is 2.88. The summed E-state index contributed by atoms with van der Waals surface area (Å²) in [4.78, 5) is 15.0. The summed E-state index contributed by atoms with van der Waals surface area (Å²) in [6, 6.07) is 15.6. The highest BCUT2D eigenvalue weighted by atomic mass is 16.5. The molecule has 5 heteroatoms. The van der Waals surface area contributed by atoms with Crippen molar-refractivity contribution >= 4 is 5.91 Å². The number of methoxy groups -OCH3 is 1. The second kappa shape index (κ2) is 11.4. The van der Waals surface area contributed by atoms with E-state index in [1.165, 1.54) is 5.56 Å². The number of carbonyl (C=O) groups is 1. The average Bonchev–Trinajstić information content (AvgIpc) is 2.71. The van der Waals surface area contributed by atoms with E-state index in [9.17, 15) is 4.79 Å². The van der Waals surface area contributed by atoms with Crippen molar-refractivity contribution in [3.63, 3.8) is 0 Å². The highest BCUT2D eigenvalue weighted by Gasteiger charge is 2.12. The Bertz CT molecular complexity index is 714. The van der Waals surface area contributed by atoms with Crippen molar-refractivity contribution < 1.29 is 14.3 Å². The zero-order chi connectivity index (χ0) is 19.5. The minimum Gasteiger partial charge on any atom is -0.490 e. The predicted octanol–water partition coefficient (Wildman–Crippen LogP) is 3.48. The molecular formula is C22H30N2O3. The second-order valence-corrected chi connectivity index (χ2v) is 6.30. The van der Waals surface area contributed by atoms with Crippen molar-refractivity contribution in [3.8, 4) is 5.75 Å². The van der Waals surface area contributed by atoms with E-state index in [1.807, 2.05) is 24.3 Å². The molecule has 0 aromatic heterocycles. The largest absolute Gasteiger partial charge is 0.490 e. The number of rotatable bonds is 11. The van der Waals surface area contributed by atoms with E-state index in [2.05, 4.69) is 36.2 Å². The molecular weight excluding hydrogens is 340 g/mol. The first-order valence-electron chi connectivity index (χ1n) is 9.47. The number of benzene rings is 2.